The van der Waals surface area contributed by atoms with Crippen LogP contribution in [0.15, 0.2) is 58.7 Å². The topological polar surface area (TPSA) is 63.2 Å². The van der Waals surface area contributed by atoms with Gasteiger partial charge in [-0.3, -0.25) is 9.79 Å². The third-order valence-corrected chi connectivity index (χ3v) is 5.50. The van der Waals surface area contributed by atoms with Gasteiger partial charge in [0.05, 0.1) is 31.5 Å². The summed E-state index contributed by atoms with van der Waals surface area (Å²) in [5, 5.41) is 3.43. The molecule has 0 bridgehead atoms. The van der Waals surface area contributed by atoms with Gasteiger partial charge in [0.15, 0.2) is 5.78 Å². The summed E-state index contributed by atoms with van der Waals surface area (Å²) in [6.45, 7) is 2.02. The Kier molecular flexibility index (Phi) is 5.01. The normalized spacial score (nSPS) is 22.1. The maximum Gasteiger partial charge on any atom is 0.191 e. The van der Waals surface area contributed by atoms with E-state index in [0.29, 0.717) is 35.7 Å². The van der Waals surface area contributed by atoms with Crippen molar-refractivity contribution in [2.24, 2.45) is 4.99 Å². The fraction of sp³-hybridized carbons (Fsp3) is 0.304. The van der Waals surface area contributed by atoms with Crippen molar-refractivity contribution in [3.8, 4) is 11.5 Å². The molecule has 4 rings (SSSR count). The highest BCUT2D eigenvalue weighted by Crippen LogP contribution is 2.38. The van der Waals surface area contributed by atoms with Gasteiger partial charge in [0, 0.05) is 43.1 Å². The molecule has 2 heterocycles. The number of nitrogens with one attached hydrogen (secondary N) is 1. The molecule has 2 aromatic rings. The van der Waals surface area contributed by atoms with Crippen molar-refractivity contribution in [3.63, 3.8) is 0 Å². The van der Waals surface area contributed by atoms with Crippen molar-refractivity contribution >= 4 is 23.0 Å². The third kappa shape index (κ3) is 3.14. The monoisotopic (exact) mass is 391 g/mol. The van der Waals surface area contributed by atoms with Crippen molar-refractivity contribution in [3.05, 3.63) is 59.3 Å². The number of fused-ring (bicyclic) bond motifs is 1. The van der Waals surface area contributed by atoms with E-state index in [1.807, 2.05) is 48.2 Å². The predicted molar refractivity (Wildman–Crippen MR) is 115 cm³/mol. The van der Waals surface area contributed by atoms with Crippen LogP contribution in [0.1, 0.15) is 18.9 Å². The Balaban J connectivity index is 1.83. The zero-order chi connectivity index (χ0) is 20.5. The van der Waals surface area contributed by atoms with Gasteiger partial charge in [-0.1, -0.05) is 25.1 Å². The predicted octanol–water partition coefficient (Wildman–Crippen LogP) is 3.82. The Labute approximate surface area is 170 Å². The van der Waals surface area contributed by atoms with Gasteiger partial charge in [0.1, 0.15) is 17.3 Å². The quantitative estimate of drug-likeness (QED) is 0.803. The number of carbonyl (C=O) groups excluding carboxylic acids is 1. The van der Waals surface area contributed by atoms with E-state index in [1.165, 1.54) is 5.56 Å². The number of ketones is 1. The Bertz CT molecular complexity index is 977. The third-order valence-electron chi connectivity index (χ3n) is 5.50. The number of aliphatic imine (C=N–C) groups is 1. The number of anilines is 2. The molecule has 2 aliphatic rings. The first kappa shape index (κ1) is 19.1. The maximum atomic E-state index is 13.5. The molecule has 1 saturated heterocycles. The number of ether oxygens (including phenoxy) is 2. The number of carbonyl (C=O) groups is 1. The highest BCUT2D eigenvalue weighted by Gasteiger charge is 2.43. The van der Waals surface area contributed by atoms with E-state index in [9.17, 15) is 4.79 Å². The highest BCUT2D eigenvalue weighted by molar-refractivity contribution is 6.36. The van der Waals surface area contributed by atoms with Crippen LogP contribution in [-0.4, -0.2) is 38.9 Å². The molecule has 2 aliphatic heterocycles. The second-order valence-electron chi connectivity index (χ2n) is 7.09. The number of benzene rings is 2. The van der Waals surface area contributed by atoms with Crippen LogP contribution in [-0.2, 0) is 11.2 Å². The second-order valence-corrected chi connectivity index (χ2v) is 7.09. The van der Waals surface area contributed by atoms with Gasteiger partial charge in [0.25, 0.3) is 0 Å². The highest BCUT2D eigenvalue weighted by atomic mass is 16.5. The van der Waals surface area contributed by atoms with Crippen molar-refractivity contribution in [2.75, 3.05) is 31.5 Å². The van der Waals surface area contributed by atoms with E-state index < -0.39 is 0 Å². The lowest BCUT2D eigenvalue weighted by atomic mass is 10.0. The number of hydrogen-bond donors (Lipinski definition) is 1. The van der Waals surface area contributed by atoms with Crippen LogP contribution in [0.25, 0.3) is 0 Å². The molecule has 0 aromatic heterocycles. The lowest BCUT2D eigenvalue weighted by Crippen LogP contribution is -2.35. The number of Topliss-reactive ketones (excluding diaryl/α,β-unsaturated/α-hetero) is 1. The molecule has 0 unspecified atom stereocenters. The number of allylic oxidation sites excluding steroid dienone is 1. The van der Waals surface area contributed by atoms with Crippen LogP contribution in [0.2, 0.25) is 0 Å². The molecule has 2 aromatic carbocycles. The summed E-state index contributed by atoms with van der Waals surface area (Å²) in [4.78, 5) is 20.0. The standard InChI is InChI=1S/C23H25N3O3/c1-5-20-22(27)21(19-10-14-8-6-7-9-18(14)25-19)23(24-2)26(20)15-11-16(28-3)13-17(12-15)29-4/h6-9,11-13,20,25H,5,10H2,1-4H3/t20-/m1/s1. The summed E-state index contributed by atoms with van der Waals surface area (Å²) in [6.07, 6.45) is 1.36. The van der Waals surface area contributed by atoms with E-state index in [1.54, 1.807) is 21.3 Å². The van der Waals surface area contributed by atoms with Crippen molar-refractivity contribution in [1.29, 1.82) is 0 Å². The number of para-hydroxylation sites is 1. The second kappa shape index (κ2) is 7.62. The van der Waals surface area contributed by atoms with Gasteiger partial charge in [0.2, 0.25) is 0 Å². The minimum Gasteiger partial charge on any atom is -0.497 e. The van der Waals surface area contributed by atoms with Gasteiger partial charge in [-0.05, 0) is 18.1 Å². The molecule has 1 N–H and O–H groups in total. The largest absolute Gasteiger partial charge is 0.497 e. The first-order chi connectivity index (χ1) is 14.1. The first-order valence-electron chi connectivity index (χ1n) is 9.73. The molecule has 0 amide bonds. The lowest BCUT2D eigenvalue weighted by molar-refractivity contribution is -0.115. The number of hydrogen-bond acceptors (Lipinski definition) is 5. The number of methoxy groups -OCH3 is 2. The molecule has 6 heteroatoms. The van der Waals surface area contributed by atoms with Crippen LogP contribution >= 0.6 is 0 Å². The number of amidine groups is 1. The lowest BCUT2D eigenvalue weighted by Gasteiger charge is -2.25. The average Bonchev–Trinajstić information content (AvgIpc) is 3.30. The SMILES string of the molecule is CC[C@@H]1C(=O)C(=C2Cc3ccccc3N2)C(=NC)N1c1cc(OC)cc(OC)c1. The molecule has 0 aliphatic carbocycles. The van der Waals surface area contributed by atoms with Gasteiger partial charge < -0.3 is 19.7 Å². The summed E-state index contributed by atoms with van der Waals surface area (Å²) < 4.78 is 10.9. The fourth-order valence-electron chi connectivity index (χ4n) is 4.11. The van der Waals surface area contributed by atoms with Crippen molar-refractivity contribution in [1.82, 2.24) is 0 Å². The Morgan fingerprint density at radius 1 is 1.14 bits per heavy atom. The maximum absolute atomic E-state index is 13.5. The smallest absolute Gasteiger partial charge is 0.191 e. The van der Waals surface area contributed by atoms with Crippen LogP contribution in [0.3, 0.4) is 0 Å². The number of rotatable bonds is 4. The van der Waals surface area contributed by atoms with Gasteiger partial charge in [-0.15, -0.1) is 0 Å². The molecule has 0 radical (unpaired) electrons. The Morgan fingerprint density at radius 2 is 1.83 bits per heavy atom. The van der Waals surface area contributed by atoms with E-state index in [2.05, 4.69) is 16.4 Å². The fourth-order valence-corrected chi connectivity index (χ4v) is 4.11. The van der Waals surface area contributed by atoms with Crippen LogP contribution in [0.4, 0.5) is 11.4 Å². The van der Waals surface area contributed by atoms with E-state index >= 15 is 0 Å². The van der Waals surface area contributed by atoms with Crippen LogP contribution in [0.5, 0.6) is 11.5 Å². The van der Waals surface area contributed by atoms with Crippen molar-refractivity contribution in [2.45, 2.75) is 25.8 Å². The summed E-state index contributed by atoms with van der Waals surface area (Å²) in [6, 6.07) is 13.4. The minimum absolute atomic E-state index is 0.0881. The summed E-state index contributed by atoms with van der Waals surface area (Å²) in [7, 11) is 4.97. The van der Waals surface area contributed by atoms with Crippen molar-refractivity contribution < 1.29 is 14.3 Å². The number of nitrogens with zero attached hydrogens (tertiary/aromatic N) is 2. The Hall–Kier alpha value is -3.28. The molecule has 150 valence electrons. The van der Waals surface area contributed by atoms with E-state index in [0.717, 1.165) is 17.1 Å². The van der Waals surface area contributed by atoms with Gasteiger partial charge in [-0.25, -0.2) is 0 Å². The van der Waals surface area contributed by atoms with Gasteiger partial charge >= 0.3 is 0 Å². The van der Waals surface area contributed by atoms with E-state index in [-0.39, 0.29) is 11.8 Å². The van der Waals surface area contributed by atoms with Crippen LogP contribution < -0.4 is 19.7 Å². The molecule has 6 nitrogen and oxygen atoms in total. The first-order valence-corrected chi connectivity index (χ1v) is 9.73. The van der Waals surface area contributed by atoms with E-state index in [4.69, 9.17) is 9.47 Å². The minimum atomic E-state index is -0.321. The summed E-state index contributed by atoms with van der Waals surface area (Å²) in [5.74, 6) is 2.10. The summed E-state index contributed by atoms with van der Waals surface area (Å²) >= 11 is 0. The summed E-state index contributed by atoms with van der Waals surface area (Å²) in [5.41, 5.74) is 4.64. The molecule has 29 heavy (non-hydrogen) atoms. The average molecular weight is 391 g/mol. The van der Waals surface area contributed by atoms with Gasteiger partial charge in [-0.2, -0.15) is 0 Å². The molecule has 1 fully saturated rings. The zero-order valence-corrected chi connectivity index (χ0v) is 17.2. The zero-order valence-electron chi connectivity index (χ0n) is 17.2. The molecular weight excluding hydrogens is 366 g/mol. The molecule has 0 spiro atoms. The molecule has 1 atom stereocenters. The molecular formula is C23H25N3O3. The molecule has 0 saturated carbocycles. The Morgan fingerprint density at radius 3 is 2.41 bits per heavy atom. The van der Waals surface area contributed by atoms with Crippen LogP contribution in [0, 0.1) is 0 Å².